The molecule has 0 atom stereocenters. The predicted molar refractivity (Wildman–Crippen MR) is 93.6 cm³/mol. The lowest BCUT2D eigenvalue weighted by Gasteiger charge is -2.09. The van der Waals surface area contributed by atoms with E-state index in [1.165, 1.54) is 0 Å². The van der Waals surface area contributed by atoms with Crippen molar-refractivity contribution in [2.45, 2.75) is 6.54 Å². The summed E-state index contributed by atoms with van der Waals surface area (Å²) in [7, 11) is 5.12. The van der Waals surface area contributed by atoms with Crippen LogP contribution in [0.4, 0.5) is 0 Å². The fourth-order valence-corrected chi connectivity index (χ4v) is 2.78. The molecule has 0 aliphatic heterocycles. The van der Waals surface area contributed by atoms with E-state index in [2.05, 4.69) is 22.0 Å². The number of fused-ring (bicyclic) bond motifs is 1. The van der Waals surface area contributed by atoms with Crippen molar-refractivity contribution in [1.82, 2.24) is 9.88 Å². The van der Waals surface area contributed by atoms with Crippen molar-refractivity contribution in [2.75, 3.05) is 14.2 Å². The first-order valence-electron chi connectivity index (χ1n) is 7.66. The zero-order valence-corrected chi connectivity index (χ0v) is 14.0. The summed E-state index contributed by atoms with van der Waals surface area (Å²) < 4.78 is 12.5. The number of amides is 1. The van der Waals surface area contributed by atoms with Gasteiger partial charge in [0.1, 0.15) is 11.5 Å². The molecule has 1 amide bonds. The first-order chi connectivity index (χ1) is 11.6. The lowest BCUT2D eigenvalue weighted by atomic mass is 10.1. The highest BCUT2D eigenvalue weighted by molar-refractivity contribution is 5.95. The molecule has 3 rings (SSSR count). The summed E-state index contributed by atoms with van der Waals surface area (Å²) in [5.74, 6) is 1.01. The minimum Gasteiger partial charge on any atom is -0.497 e. The van der Waals surface area contributed by atoms with Gasteiger partial charge in [0.25, 0.3) is 5.91 Å². The average molecular weight is 324 g/mol. The van der Waals surface area contributed by atoms with Crippen LogP contribution in [0.15, 0.2) is 48.7 Å². The fraction of sp³-hybridized carbons (Fsp3) is 0.211. The van der Waals surface area contributed by atoms with Crippen LogP contribution in [-0.4, -0.2) is 24.7 Å². The second kappa shape index (κ2) is 6.66. The van der Waals surface area contributed by atoms with E-state index in [-0.39, 0.29) is 5.91 Å². The van der Waals surface area contributed by atoms with Gasteiger partial charge in [-0.1, -0.05) is 18.2 Å². The van der Waals surface area contributed by atoms with Crippen LogP contribution >= 0.6 is 0 Å². The number of nitrogens with one attached hydrogen (secondary N) is 1. The van der Waals surface area contributed by atoms with Crippen LogP contribution in [0.5, 0.6) is 11.5 Å². The average Bonchev–Trinajstić information content (AvgIpc) is 2.95. The lowest BCUT2D eigenvalue weighted by molar-refractivity contribution is 0.0950. The number of ether oxygens (including phenoxy) is 2. The number of methoxy groups -OCH3 is 2. The van der Waals surface area contributed by atoms with Crippen LogP contribution in [0.2, 0.25) is 0 Å². The quantitative estimate of drug-likeness (QED) is 0.784. The third-order valence-electron chi connectivity index (χ3n) is 4.03. The van der Waals surface area contributed by atoms with E-state index in [9.17, 15) is 4.79 Å². The molecule has 0 saturated carbocycles. The van der Waals surface area contributed by atoms with E-state index in [0.717, 1.165) is 16.5 Å². The Kier molecular flexibility index (Phi) is 4.42. The van der Waals surface area contributed by atoms with Crippen molar-refractivity contribution >= 4 is 16.8 Å². The van der Waals surface area contributed by atoms with Gasteiger partial charge in [0.2, 0.25) is 0 Å². The number of hydrogen-bond acceptors (Lipinski definition) is 3. The molecule has 0 saturated heterocycles. The first kappa shape index (κ1) is 15.9. The van der Waals surface area contributed by atoms with Crippen LogP contribution in [-0.2, 0) is 13.6 Å². The summed E-state index contributed by atoms with van der Waals surface area (Å²) >= 11 is 0. The number of hydrogen-bond donors (Lipinski definition) is 1. The maximum Gasteiger partial charge on any atom is 0.251 e. The highest BCUT2D eigenvalue weighted by atomic mass is 16.5. The second-order valence-electron chi connectivity index (χ2n) is 5.57. The monoisotopic (exact) mass is 324 g/mol. The van der Waals surface area contributed by atoms with Crippen molar-refractivity contribution in [1.29, 1.82) is 0 Å². The van der Waals surface area contributed by atoms with Crippen molar-refractivity contribution < 1.29 is 14.3 Å². The molecule has 0 radical (unpaired) electrons. The summed E-state index contributed by atoms with van der Waals surface area (Å²) in [4.78, 5) is 12.5. The van der Waals surface area contributed by atoms with Crippen LogP contribution in [0, 0.1) is 0 Å². The Balaban J connectivity index is 1.80. The Labute approximate surface area is 140 Å². The SMILES string of the molecule is COc1cc(OC)cc(C(=O)NCc2cn(C)c3ccccc23)c1. The minimum absolute atomic E-state index is 0.167. The summed E-state index contributed by atoms with van der Waals surface area (Å²) in [6.45, 7) is 0.458. The number of aromatic nitrogens is 1. The Morgan fingerprint density at radius 2 is 1.75 bits per heavy atom. The number of carbonyl (C=O) groups excluding carboxylic acids is 1. The summed E-state index contributed by atoms with van der Waals surface area (Å²) in [6, 6.07) is 13.3. The van der Waals surface area contributed by atoms with E-state index in [1.807, 2.05) is 25.4 Å². The molecule has 0 fully saturated rings. The summed E-state index contributed by atoms with van der Waals surface area (Å²) in [5.41, 5.74) is 2.73. The summed E-state index contributed by atoms with van der Waals surface area (Å²) in [5, 5.41) is 4.10. The number of benzene rings is 2. The van der Waals surface area contributed by atoms with E-state index >= 15 is 0 Å². The molecule has 24 heavy (non-hydrogen) atoms. The Bertz CT molecular complexity index is 861. The normalized spacial score (nSPS) is 10.6. The van der Waals surface area contributed by atoms with E-state index < -0.39 is 0 Å². The zero-order chi connectivity index (χ0) is 17.1. The molecule has 1 aromatic heterocycles. The Morgan fingerprint density at radius 1 is 1.08 bits per heavy atom. The van der Waals surface area contributed by atoms with Gasteiger partial charge in [-0.25, -0.2) is 0 Å². The minimum atomic E-state index is -0.167. The van der Waals surface area contributed by atoms with Gasteiger partial charge in [-0.15, -0.1) is 0 Å². The van der Waals surface area contributed by atoms with E-state index in [4.69, 9.17) is 9.47 Å². The first-order valence-corrected chi connectivity index (χ1v) is 7.66. The molecule has 0 aliphatic carbocycles. The van der Waals surface area contributed by atoms with Gasteiger partial charge in [-0.2, -0.15) is 0 Å². The molecule has 5 nitrogen and oxygen atoms in total. The molecule has 1 heterocycles. The van der Waals surface area contributed by atoms with Crippen molar-refractivity contribution in [3.05, 3.63) is 59.8 Å². The molecular formula is C19H20N2O3. The van der Waals surface area contributed by atoms with Crippen molar-refractivity contribution in [3.63, 3.8) is 0 Å². The van der Waals surface area contributed by atoms with Gasteiger partial charge < -0.3 is 19.4 Å². The number of rotatable bonds is 5. The van der Waals surface area contributed by atoms with E-state index in [0.29, 0.717) is 23.6 Å². The Morgan fingerprint density at radius 3 is 2.42 bits per heavy atom. The molecule has 2 aromatic carbocycles. The van der Waals surface area contributed by atoms with Gasteiger partial charge >= 0.3 is 0 Å². The molecule has 0 aliphatic rings. The molecule has 1 N–H and O–H groups in total. The molecule has 3 aromatic rings. The number of para-hydroxylation sites is 1. The Hall–Kier alpha value is -2.95. The highest BCUT2D eigenvalue weighted by Gasteiger charge is 2.11. The second-order valence-corrected chi connectivity index (χ2v) is 5.57. The van der Waals surface area contributed by atoms with Crippen LogP contribution in [0.3, 0.4) is 0 Å². The smallest absolute Gasteiger partial charge is 0.251 e. The highest BCUT2D eigenvalue weighted by Crippen LogP contribution is 2.23. The van der Waals surface area contributed by atoms with Gasteiger partial charge in [0, 0.05) is 42.3 Å². The number of carbonyl (C=O) groups is 1. The van der Waals surface area contributed by atoms with Crippen LogP contribution < -0.4 is 14.8 Å². The lowest BCUT2D eigenvalue weighted by Crippen LogP contribution is -2.22. The molecule has 0 bridgehead atoms. The molecule has 5 heteroatoms. The van der Waals surface area contributed by atoms with Crippen molar-refractivity contribution in [3.8, 4) is 11.5 Å². The maximum atomic E-state index is 12.5. The molecule has 0 unspecified atom stereocenters. The number of aryl methyl sites for hydroxylation is 1. The zero-order valence-electron chi connectivity index (χ0n) is 14.0. The van der Waals surface area contributed by atoms with Crippen molar-refractivity contribution in [2.24, 2.45) is 7.05 Å². The van der Waals surface area contributed by atoms with Gasteiger partial charge in [-0.05, 0) is 23.8 Å². The largest absolute Gasteiger partial charge is 0.497 e. The number of nitrogens with zero attached hydrogens (tertiary/aromatic N) is 1. The molecular weight excluding hydrogens is 304 g/mol. The third kappa shape index (κ3) is 3.06. The maximum absolute atomic E-state index is 12.5. The fourth-order valence-electron chi connectivity index (χ4n) is 2.78. The standard InChI is InChI=1S/C19H20N2O3/c1-21-12-14(17-6-4-5-7-18(17)21)11-20-19(22)13-8-15(23-2)10-16(9-13)24-3/h4-10,12H,11H2,1-3H3,(H,20,22). The van der Waals surface area contributed by atoms with Crippen LogP contribution in [0.1, 0.15) is 15.9 Å². The topological polar surface area (TPSA) is 52.5 Å². The van der Waals surface area contributed by atoms with Gasteiger partial charge in [0.15, 0.2) is 0 Å². The molecule has 124 valence electrons. The van der Waals surface area contributed by atoms with Crippen LogP contribution in [0.25, 0.3) is 10.9 Å². The van der Waals surface area contributed by atoms with E-state index in [1.54, 1.807) is 32.4 Å². The van der Waals surface area contributed by atoms with Gasteiger partial charge in [-0.3, -0.25) is 4.79 Å². The van der Waals surface area contributed by atoms with Gasteiger partial charge in [0.05, 0.1) is 14.2 Å². The predicted octanol–water partition coefficient (Wildman–Crippen LogP) is 3.13. The third-order valence-corrected chi connectivity index (χ3v) is 4.03. The summed E-state index contributed by atoms with van der Waals surface area (Å²) in [6.07, 6.45) is 2.04. The molecule has 0 spiro atoms.